The van der Waals surface area contributed by atoms with Gasteiger partial charge in [-0.25, -0.2) is 4.98 Å². The summed E-state index contributed by atoms with van der Waals surface area (Å²) in [5, 5.41) is 13.0. The number of aliphatic hydroxyl groups excluding tert-OH is 1. The minimum atomic E-state index is 0.0698. The summed E-state index contributed by atoms with van der Waals surface area (Å²) in [6.45, 7) is 2.81. The molecule has 2 aromatic heterocycles. The lowest BCUT2D eigenvalue weighted by atomic mass is 10.0. The van der Waals surface area contributed by atoms with Crippen LogP contribution in [-0.4, -0.2) is 33.2 Å². The Balaban J connectivity index is 2.21. The van der Waals surface area contributed by atoms with Gasteiger partial charge in [0, 0.05) is 24.9 Å². The average Bonchev–Trinajstić information content (AvgIpc) is 2.59. The van der Waals surface area contributed by atoms with Crippen LogP contribution < -0.4 is 11.1 Å². The Hall–Kier alpha value is -2.07. The molecule has 0 amide bonds. The zero-order valence-corrected chi connectivity index (χ0v) is 15.3. The summed E-state index contributed by atoms with van der Waals surface area (Å²) < 4.78 is 0. The van der Waals surface area contributed by atoms with E-state index in [1.165, 1.54) is 0 Å². The van der Waals surface area contributed by atoms with Crippen LogP contribution in [0.1, 0.15) is 30.9 Å². The maximum Gasteiger partial charge on any atom is 0.223 e. The zero-order chi connectivity index (χ0) is 18.2. The Morgan fingerprint density at radius 3 is 2.72 bits per heavy atom. The number of rotatable bonds is 6. The fourth-order valence-electron chi connectivity index (χ4n) is 2.09. The second kappa shape index (κ2) is 9.42. The molecule has 0 saturated heterocycles. The summed E-state index contributed by atoms with van der Waals surface area (Å²) in [5.74, 6) is 6.68. The molecule has 6 nitrogen and oxygen atoms in total. The number of nitrogens with two attached hydrogens (primary N) is 1. The predicted octanol–water partition coefficient (Wildman–Crippen LogP) is 2.98. The van der Waals surface area contributed by atoms with Gasteiger partial charge in [0.2, 0.25) is 5.95 Å². The highest BCUT2D eigenvalue weighted by molar-refractivity contribution is 6.31. The van der Waals surface area contributed by atoms with E-state index in [1.807, 2.05) is 6.92 Å². The normalized spacial score (nSPS) is 11.5. The van der Waals surface area contributed by atoms with Crippen molar-refractivity contribution in [2.75, 3.05) is 24.2 Å². The topological polar surface area (TPSA) is 97.0 Å². The van der Waals surface area contributed by atoms with Crippen molar-refractivity contribution in [3.8, 4) is 11.8 Å². The third kappa shape index (κ3) is 5.75. The molecule has 0 spiro atoms. The summed E-state index contributed by atoms with van der Waals surface area (Å²) in [6, 6.07) is 3.42. The van der Waals surface area contributed by atoms with Crippen LogP contribution in [0.3, 0.4) is 0 Å². The van der Waals surface area contributed by atoms with E-state index >= 15 is 0 Å². The number of anilines is 2. The number of pyridine rings is 1. The molecule has 2 rings (SSSR count). The van der Waals surface area contributed by atoms with Crippen LogP contribution in [0.4, 0.5) is 11.8 Å². The molecule has 0 aromatic carbocycles. The van der Waals surface area contributed by atoms with E-state index in [0.29, 0.717) is 28.6 Å². The van der Waals surface area contributed by atoms with Gasteiger partial charge in [-0.2, -0.15) is 9.97 Å². The van der Waals surface area contributed by atoms with Crippen LogP contribution in [0.25, 0.3) is 0 Å². The van der Waals surface area contributed by atoms with Crippen molar-refractivity contribution >= 4 is 35.0 Å². The van der Waals surface area contributed by atoms with E-state index < -0.39 is 0 Å². The molecule has 4 N–H and O–H groups in total. The van der Waals surface area contributed by atoms with Gasteiger partial charge in [0.1, 0.15) is 16.5 Å². The molecular weight excluding hydrogens is 361 g/mol. The SMILES string of the molecule is CCC(CO)CCNc1nc(N)nc(Cl)c1C#Cc1ccc(Cl)nc1. The molecule has 0 bridgehead atoms. The standard InChI is InChI=1S/C17H19Cl2N5O/c1-2-11(10-25)7-8-21-16-13(15(19)23-17(20)24-16)5-3-12-4-6-14(18)22-9-12/h4,6,9,11,25H,2,7-8,10H2,1H3,(H3,20,21,23,24). The Morgan fingerprint density at radius 1 is 1.28 bits per heavy atom. The second-order valence-corrected chi connectivity index (χ2v) is 6.13. The molecule has 2 aromatic rings. The Morgan fingerprint density at radius 2 is 2.08 bits per heavy atom. The van der Waals surface area contributed by atoms with Gasteiger partial charge in [-0.05, 0) is 24.5 Å². The highest BCUT2D eigenvalue weighted by Crippen LogP contribution is 2.21. The van der Waals surface area contributed by atoms with E-state index in [9.17, 15) is 5.11 Å². The number of nitrogen functional groups attached to an aromatic ring is 1. The van der Waals surface area contributed by atoms with Crippen LogP contribution in [0.5, 0.6) is 0 Å². The molecule has 0 fully saturated rings. The lowest BCUT2D eigenvalue weighted by molar-refractivity contribution is 0.217. The Bertz CT molecular complexity index is 767. The molecule has 0 aliphatic carbocycles. The van der Waals surface area contributed by atoms with Gasteiger partial charge in [0.15, 0.2) is 5.15 Å². The third-order valence-corrected chi connectivity index (χ3v) is 4.12. The van der Waals surface area contributed by atoms with E-state index in [1.54, 1.807) is 18.3 Å². The monoisotopic (exact) mass is 379 g/mol. The summed E-state index contributed by atoms with van der Waals surface area (Å²) in [4.78, 5) is 12.1. The first-order valence-corrected chi connectivity index (χ1v) is 8.60. The summed E-state index contributed by atoms with van der Waals surface area (Å²) >= 11 is 11.9. The molecular formula is C17H19Cl2N5O. The van der Waals surface area contributed by atoms with Crippen molar-refractivity contribution in [3.05, 3.63) is 39.8 Å². The Labute approximate surface area is 156 Å². The molecule has 0 radical (unpaired) electrons. The van der Waals surface area contributed by atoms with E-state index in [2.05, 4.69) is 32.1 Å². The molecule has 132 valence electrons. The van der Waals surface area contributed by atoms with E-state index in [-0.39, 0.29) is 23.6 Å². The van der Waals surface area contributed by atoms with Crippen LogP contribution in [-0.2, 0) is 0 Å². The third-order valence-electron chi connectivity index (χ3n) is 3.62. The maximum atomic E-state index is 9.26. The number of nitrogens with one attached hydrogen (secondary N) is 1. The van der Waals surface area contributed by atoms with Gasteiger partial charge >= 0.3 is 0 Å². The van der Waals surface area contributed by atoms with E-state index in [0.717, 1.165) is 12.8 Å². The molecule has 0 saturated carbocycles. The van der Waals surface area contributed by atoms with Crippen molar-refractivity contribution in [3.63, 3.8) is 0 Å². The first kappa shape index (κ1) is 19.3. The summed E-state index contributed by atoms with van der Waals surface area (Å²) in [7, 11) is 0. The smallest absolute Gasteiger partial charge is 0.223 e. The van der Waals surface area contributed by atoms with Crippen molar-refractivity contribution in [1.29, 1.82) is 0 Å². The Kier molecular flexibility index (Phi) is 7.26. The van der Waals surface area contributed by atoms with Gasteiger partial charge in [0.25, 0.3) is 0 Å². The molecule has 2 heterocycles. The van der Waals surface area contributed by atoms with Crippen LogP contribution in [0.2, 0.25) is 10.3 Å². The lowest BCUT2D eigenvalue weighted by Crippen LogP contribution is -2.14. The first-order chi connectivity index (χ1) is 12.0. The highest BCUT2D eigenvalue weighted by atomic mass is 35.5. The number of hydrogen-bond donors (Lipinski definition) is 3. The molecule has 8 heteroatoms. The molecule has 0 aliphatic heterocycles. The maximum absolute atomic E-state index is 9.26. The second-order valence-electron chi connectivity index (χ2n) is 5.39. The number of halogens is 2. The van der Waals surface area contributed by atoms with Gasteiger partial charge in [-0.3, -0.25) is 0 Å². The number of nitrogens with zero attached hydrogens (tertiary/aromatic N) is 3. The molecule has 0 aliphatic rings. The molecule has 25 heavy (non-hydrogen) atoms. The predicted molar refractivity (Wildman–Crippen MR) is 101 cm³/mol. The number of aromatic nitrogens is 3. The van der Waals surface area contributed by atoms with Crippen LogP contribution in [0.15, 0.2) is 18.3 Å². The largest absolute Gasteiger partial charge is 0.396 e. The first-order valence-electron chi connectivity index (χ1n) is 7.84. The van der Waals surface area contributed by atoms with Crippen molar-refractivity contribution in [2.24, 2.45) is 5.92 Å². The summed E-state index contributed by atoms with van der Waals surface area (Å²) in [6.07, 6.45) is 3.27. The van der Waals surface area contributed by atoms with Gasteiger partial charge < -0.3 is 16.2 Å². The van der Waals surface area contributed by atoms with Gasteiger partial charge in [-0.15, -0.1) is 0 Å². The molecule has 1 atom stereocenters. The van der Waals surface area contributed by atoms with Crippen molar-refractivity contribution in [2.45, 2.75) is 19.8 Å². The average molecular weight is 380 g/mol. The number of aliphatic hydroxyl groups is 1. The van der Waals surface area contributed by atoms with E-state index in [4.69, 9.17) is 28.9 Å². The van der Waals surface area contributed by atoms with Crippen molar-refractivity contribution in [1.82, 2.24) is 15.0 Å². The van der Waals surface area contributed by atoms with Crippen LogP contribution in [0, 0.1) is 17.8 Å². The minimum absolute atomic E-state index is 0.0698. The van der Waals surface area contributed by atoms with Crippen LogP contribution >= 0.6 is 23.2 Å². The van der Waals surface area contributed by atoms with Crippen molar-refractivity contribution < 1.29 is 5.11 Å². The quantitative estimate of drug-likeness (QED) is 0.405. The minimum Gasteiger partial charge on any atom is -0.396 e. The molecule has 1 unspecified atom stereocenters. The lowest BCUT2D eigenvalue weighted by Gasteiger charge is -2.13. The van der Waals surface area contributed by atoms with Gasteiger partial charge in [-0.1, -0.05) is 48.4 Å². The fourth-order valence-corrected chi connectivity index (χ4v) is 2.43. The zero-order valence-electron chi connectivity index (χ0n) is 13.8. The van der Waals surface area contributed by atoms with Gasteiger partial charge in [0.05, 0.1) is 0 Å². The highest BCUT2D eigenvalue weighted by Gasteiger charge is 2.11. The number of hydrogen-bond acceptors (Lipinski definition) is 6. The fraction of sp³-hybridized carbons (Fsp3) is 0.353. The summed E-state index contributed by atoms with van der Waals surface area (Å²) in [5.41, 5.74) is 6.83.